The third-order valence-electron chi connectivity index (χ3n) is 4.26. The van der Waals surface area contributed by atoms with Crippen LogP contribution in [0.5, 0.6) is 0 Å². The van der Waals surface area contributed by atoms with Crippen LogP contribution in [0.3, 0.4) is 0 Å². The Morgan fingerprint density at radius 1 is 0.882 bits per heavy atom. The first kappa shape index (κ1) is 31.4. The fourth-order valence-corrected chi connectivity index (χ4v) is 2.72. The standard InChI is InChI=1S/C21H21N3.CHF3O3S.CH3.Fe/c1-16-8-4-6-10-20(16)22-14-18-12-13-19(24(18)3)15-23-21-11-7-5-9-17(21)2;2-1(3,4)7-8(5)6;;/h4-15H,1-3H3;(H,5,6);1H3;/q;;-1;+2/p-1. The van der Waals surface area contributed by atoms with Gasteiger partial charge >= 0.3 is 23.4 Å². The monoisotopic (exact) mass is 535 g/mol. The van der Waals surface area contributed by atoms with Crippen LogP contribution in [0.15, 0.2) is 70.6 Å². The van der Waals surface area contributed by atoms with Gasteiger partial charge in [0.15, 0.2) is 0 Å². The van der Waals surface area contributed by atoms with Crippen molar-refractivity contribution in [1.29, 1.82) is 0 Å². The molecule has 0 fully saturated rings. The smallest absolute Gasteiger partial charge is 0.750 e. The predicted molar refractivity (Wildman–Crippen MR) is 125 cm³/mol. The summed E-state index contributed by atoms with van der Waals surface area (Å²) in [5.41, 5.74) is 6.42. The first-order valence-corrected chi connectivity index (χ1v) is 10.3. The second-order valence-corrected chi connectivity index (χ2v) is 7.14. The van der Waals surface area contributed by atoms with Crippen LogP contribution < -0.4 is 0 Å². The van der Waals surface area contributed by atoms with Crippen LogP contribution in [0.1, 0.15) is 22.5 Å². The number of halogens is 3. The molecule has 3 rings (SSSR count). The van der Waals surface area contributed by atoms with E-state index in [1.165, 1.54) is 11.1 Å². The molecule has 0 saturated heterocycles. The zero-order chi connectivity index (χ0) is 23.7. The molecule has 0 saturated carbocycles. The number of aliphatic imine (C=N–C) groups is 2. The summed E-state index contributed by atoms with van der Waals surface area (Å²) in [6.07, 6.45) is -1.30. The van der Waals surface area contributed by atoms with Gasteiger partial charge < -0.3 is 16.5 Å². The summed E-state index contributed by atoms with van der Waals surface area (Å²) in [7, 11) is 2.03. The third kappa shape index (κ3) is 10.6. The van der Waals surface area contributed by atoms with Crippen LogP contribution in [-0.4, -0.2) is 32.1 Å². The van der Waals surface area contributed by atoms with Gasteiger partial charge in [-0.15, -0.1) is 13.2 Å². The Morgan fingerprint density at radius 2 is 1.26 bits per heavy atom. The number of hydrogen-bond acceptors (Lipinski definition) is 5. The van der Waals surface area contributed by atoms with Gasteiger partial charge in [-0.1, -0.05) is 36.4 Å². The second-order valence-electron chi connectivity index (χ2n) is 6.56. The second kappa shape index (κ2) is 14.6. The minimum atomic E-state index is -5.09. The Bertz CT molecular complexity index is 1060. The van der Waals surface area contributed by atoms with E-state index in [0.717, 1.165) is 22.8 Å². The van der Waals surface area contributed by atoms with E-state index in [4.69, 9.17) is 8.76 Å². The van der Waals surface area contributed by atoms with Gasteiger partial charge in [-0.3, -0.25) is 9.98 Å². The average Bonchev–Trinajstić information content (AvgIpc) is 3.05. The molecule has 11 heteroatoms. The van der Waals surface area contributed by atoms with Gasteiger partial charge in [0.2, 0.25) is 0 Å². The van der Waals surface area contributed by atoms with Crippen molar-refractivity contribution in [3.8, 4) is 0 Å². The molecule has 1 heterocycles. The van der Waals surface area contributed by atoms with E-state index in [9.17, 15) is 13.2 Å². The van der Waals surface area contributed by atoms with Crippen LogP contribution >= 0.6 is 0 Å². The fourth-order valence-electron chi connectivity index (χ4n) is 2.57. The Morgan fingerprint density at radius 3 is 1.56 bits per heavy atom. The number of aromatic nitrogens is 1. The number of para-hydroxylation sites is 2. The summed E-state index contributed by atoms with van der Waals surface area (Å²) in [6, 6.07) is 20.4. The van der Waals surface area contributed by atoms with E-state index < -0.39 is 17.7 Å². The van der Waals surface area contributed by atoms with Crippen molar-refractivity contribution in [1.82, 2.24) is 4.57 Å². The maximum atomic E-state index is 10.7. The fraction of sp³-hybridized carbons (Fsp3) is 0.174. The van der Waals surface area contributed by atoms with E-state index in [-0.39, 0.29) is 24.5 Å². The molecule has 34 heavy (non-hydrogen) atoms. The van der Waals surface area contributed by atoms with E-state index >= 15 is 0 Å². The molecule has 0 radical (unpaired) electrons. The SMILES string of the molecule is Cc1ccccc1N=Cc1ccc(C=Nc2ccccc2C)n1C.O=S([O-])OC(F)(F)F.[CH3-].[Fe+2]. The van der Waals surface area contributed by atoms with Gasteiger partial charge in [-0.2, -0.15) is 0 Å². The van der Waals surface area contributed by atoms with Crippen molar-refractivity contribution in [3.05, 3.63) is 90.6 Å². The van der Waals surface area contributed by atoms with Crippen LogP contribution in [0.4, 0.5) is 24.5 Å². The molecule has 0 spiro atoms. The maximum Gasteiger partial charge on any atom is 2.00 e. The molecule has 184 valence electrons. The summed E-state index contributed by atoms with van der Waals surface area (Å²) < 4.78 is 54.7. The molecule has 1 atom stereocenters. The molecule has 0 aliphatic carbocycles. The van der Waals surface area contributed by atoms with Crippen molar-refractivity contribution in [3.63, 3.8) is 0 Å². The number of rotatable bonds is 5. The molecule has 0 amide bonds. The molecule has 0 aliphatic rings. The van der Waals surface area contributed by atoms with Gasteiger partial charge in [-0.05, 0) is 49.2 Å². The third-order valence-corrected chi connectivity index (χ3v) is 4.59. The van der Waals surface area contributed by atoms with Crippen molar-refractivity contribution in [2.45, 2.75) is 20.2 Å². The first-order valence-electron chi connectivity index (χ1n) is 9.27. The van der Waals surface area contributed by atoms with E-state index in [0.29, 0.717) is 0 Å². The maximum absolute atomic E-state index is 10.7. The molecule has 1 unspecified atom stereocenters. The molecule has 3 aromatic rings. The minimum Gasteiger partial charge on any atom is -0.750 e. The van der Waals surface area contributed by atoms with Crippen molar-refractivity contribution >= 4 is 35.2 Å². The summed E-state index contributed by atoms with van der Waals surface area (Å²) in [5.74, 6) is 0. The molecular weight excluding hydrogens is 511 g/mol. The van der Waals surface area contributed by atoms with Crippen LogP contribution in [0.2, 0.25) is 0 Å². The van der Waals surface area contributed by atoms with Crippen LogP contribution in [0.25, 0.3) is 0 Å². The Labute approximate surface area is 210 Å². The topological polar surface area (TPSA) is 79.0 Å². The van der Waals surface area contributed by atoms with Gasteiger partial charge in [0.05, 0.1) is 46.6 Å². The van der Waals surface area contributed by atoms with E-state index in [2.05, 4.69) is 56.8 Å². The average molecular weight is 535 g/mol. The zero-order valence-electron chi connectivity index (χ0n) is 18.9. The molecule has 6 nitrogen and oxygen atoms in total. The van der Waals surface area contributed by atoms with Gasteiger partial charge in [0, 0.05) is 7.05 Å². The predicted octanol–water partition coefficient (Wildman–Crippen LogP) is 5.91. The number of aryl methyl sites for hydroxylation is 2. The quantitative estimate of drug-likeness (QED) is 0.177. The molecule has 1 aromatic heterocycles. The normalized spacial score (nSPS) is 12.0. The van der Waals surface area contributed by atoms with Gasteiger partial charge in [0.25, 0.3) is 0 Å². The van der Waals surface area contributed by atoms with Crippen molar-refractivity contribution in [2.75, 3.05) is 0 Å². The summed E-state index contributed by atoms with van der Waals surface area (Å²) in [6.45, 7) is 4.13. The first-order chi connectivity index (χ1) is 15.1. The zero-order valence-corrected chi connectivity index (χ0v) is 20.8. The number of hydrogen-bond donors (Lipinski definition) is 0. The Hall–Kier alpha value is -2.56. The Balaban J connectivity index is 0.000000947. The number of benzene rings is 2. The largest absolute Gasteiger partial charge is 2.00 e. The minimum absolute atomic E-state index is 0. The molecule has 0 bridgehead atoms. The Kier molecular flexibility index (Phi) is 13.5. The summed E-state index contributed by atoms with van der Waals surface area (Å²) >= 11 is -3.51. The number of nitrogens with zero attached hydrogens (tertiary/aromatic N) is 3. The molecule has 0 aliphatic heterocycles. The number of alkyl halides is 3. The molecule has 2 aromatic carbocycles. The van der Waals surface area contributed by atoms with Crippen LogP contribution in [-0.2, 0) is 39.7 Å². The molecule has 0 N–H and O–H groups in total. The van der Waals surface area contributed by atoms with Crippen molar-refractivity contribution in [2.24, 2.45) is 17.0 Å². The molecular formula is C23H24F3FeN3O3S. The summed E-state index contributed by atoms with van der Waals surface area (Å²) in [5, 5.41) is 0. The van der Waals surface area contributed by atoms with Crippen LogP contribution in [0, 0.1) is 21.3 Å². The van der Waals surface area contributed by atoms with E-state index in [1.54, 1.807) is 0 Å². The summed E-state index contributed by atoms with van der Waals surface area (Å²) in [4.78, 5) is 9.18. The van der Waals surface area contributed by atoms with Gasteiger partial charge in [-0.25, -0.2) is 8.39 Å². The van der Waals surface area contributed by atoms with Gasteiger partial charge in [0.1, 0.15) is 0 Å². The van der Waals surface area contributed by atoms with E-state index in [1.807, 2.05) is 55.9 Å². The van der Waals surface area contributed by atoms with Crippen molar-refractivity contribution < 1.29 is 43.2 Å².